The highest BCUT2D eigenvalue weighted by atomic mass is 35.5. The van der Waals surface area contributed by atoms with Crippen molar-refractivity contribution in [2.75, 3.05) is 10.8 Å². The van der Waals surface area contributed by atoms with E-state index in [4.69, 9.17) is 27.6 Å². The quantitative estimate of drug-likeness (QED) is 0.171. The highest BCUT2D eigenvalue weighted by Crippen LogP contribution is 2.31. The number of amides is 1. The minimum absolute atomic E-state index is 0.0795. The lowest BCUT2D eigenvalue weighted by molar-refractivity contribution is -0.119. The number of furan rings is 1. The summed E-state index contributed by atoms with van der Waals surface area (Å²) >= 11 is 12.2. The number of halogens is 2. The zero-order chi connectivity index (χ0) is 30.7. The molecule has 0 unspecified atom stereocenters. The highest BCUT2D eigenvalue weighted by molar-refractivity contribution is 7.92. The minimum Gasteiger partial charge on any atom is -0.455 e. The van der Waals surface area contributed by atoms with Gasteiger partial charge >= 0.3 is 0 Å². The number of rotatable bonds is 9. The fourth-order valence-electron chi connectivity index (χ4n) is 4.44. The van der Waals surface area contributed by atoms with Gasteiger partial charge in [0.15, 0.2) is 0 Å². The predicted molar refractivity (Wildman–Crippen MR) is 167 cm³/mol. The summed E-state index contributed by atoms with van der Waals surface area (Å²) in [4.78, 5) is 26.7. The monoisotopic (exact) mass is 637 g/mol. The molecule has 13 heteroatoms. The van der Waals surface area contributed by atoms with Gasteiger partial charge in [0.1, 0.15) is 23.8 Å². The molecule has 2 heterocycles. The fourth-order valence-corrected chi connectivity index (χ4v) is 6.43. The summed E-state index contributed by atoms with van der Waals surface area (Å²) in [5.41, 5.74) is 3.05. The topological polar surface area (TPSA) is 119 Å². The Labute approximate surface area is 257 Å². The van der Waals surface area contributed by atoms with Gasteiger partial charge in [0.2, 0.25) is 0 Å². The van der Waals surface area contributed by atoms with Crippen LogP contribution in [0.2, 0.25) is 10.0 Å². The molecule has 5 rings (SSSR count). The van der Waals surface area contributed by atoms with Gasteiger partial charge in [-0.2, -0.15) is 5.10 Å². The number of nitrogens with zero attached hydrogens (tertiary/aromatic N) is 4. The third kappa shape index (κ3) is 6.14. The molecule has 3 aromatic carbocycles. The van der Waals surface area contributed by atoms with E-state index in [0.717, 1.165) is 4.31 Å². The van der Waals surface area contributed by atoms with Crippen LogP contribution in [0.15, 0.2) is 110 Å². The van der Waals surface area contributed by atoms with E-state index in [1.165, 1.54) is 27.7 Å². The van der Waals surface area contributed by atoms with Crippen molar-refractivity contribution in [3.05, 3.63) is 123 Å². The Morgan fingerprint density at radius 3 is 2.35 bits per heavy atom. The molecule has 0 aliphatic heterocycles. The summed E-state index contributed by atoms with van der Waals surface area (Å²) < 4.78 is 37.1. The van der Waals surface area contributed by atoms with Crippen molar-refractivity contribution in [1.82, 2.24) is 14.8 Å². The first kappa shape index (κ1) is 29.9. The second-order valence-electron chi connectivity index (χ2n) is 9.35. The Kier molecular flexibility index (Phi) is 8.58. The molecule has 2 aromatic heterocycles. The van der Waals surface area contributed by atoms with E-state index in [2.05, 4.69) is 10.5 Å². The smallest absolute Gasteiger partial charge is 0.296 e. The number of benzene rings is 3. The number of carbonyl (C=O) groups excluding carboxylic acids is 1. The second-order valence-corrected chi connectivity index (χ2v) is 12.1. The van der Waals surface area contributed by atoms with Crippen LogP contribution < -0.4 is 15.3 Å². The van der Waals surface area contributed by atoms with E-state index >= 15 is 0 Å². The Morgan fingerprint density at radius 2 is 1.67 bits per heavy atom. The lowest BCUT2D eigenvalue weighted by Crippen LogP contribution is -2.42. The number of nitrogens with one attached hydrogen (secondary N) is 1. The molecule has 0 radical (unpaired) electrons. The first-order valence-electron chi connectivity index (χ1n) is 12.9. The van der Waals surface area contributed by atoms with Crippen LogP contribution in [0, 0.1) is 6.92 Å². The van der Waals surface area contributed by atoms with Crippen molar-refractivity contribution < 1.29 is 17.6 Å². The molecule has 10 nitrogen and oxygen atoms in total. The second kappa shape index (κ2) is 12.3. The highest BCUT2D eigenvalue weighted by Gasteiger charge is 2.33. The van der Waals surface area contributed by atoms with Crippen molar-refractivity contribution in [3.63, 3.8) is 0 Å². The number of hydrogen-bond donors (Lipinski definition) is 1. The van der Waals surface area contributed by atoms with Crippen molar-refractivity contribution in [2.24, 2.45) is 12.1 Å². The summed E-state index contributed by atoms with van der Waals surface area (Å²) in [6.45, 7) is 0.897. The van der Waals surface area contributed by atoms with Crippen LogP contribution in [0.4, 0.5) is 5.69 Å². The van der Waals surface area contributed by atoms with Gasteiger partial charge in [0.25, 0.3) is 21.5 Å². The van der Waals surface area contributed by atoms with Crippen molar-refractivity contribution in [1.29, 1.82) is 0 Å². The summed E-state index contributed by atoms with van der Waals surface area (Å²) in [6.07, 6.45) is 1.26. The number of anilines is 1. The molecule has 0 aliphatic rings. The first-order chi connectivity index (χ1) is 20.6. The van der Waals surface area contributed by atoms with Gasteiger partial charge in [-0.3, -0.25) is 14.3 Å². The van der Waals surface area contributed by atoms with Gasteiger partial charge in [0, 0.05) is 17.6 Å². The summed E-state index contributed by atoms with van der Waals surface area (Å²) in [7, 11) is -2.70. The van der Waals surface area contributed by atoms with Crippen LogP contribution in [0.5, 0.6) is 0 Å². The van der Waals surface area contributed by atoms with Crippen molar-refractivity contribution in [3.8, 4) is 17.0 Å². The minimum atomic E-state index is -4.34. The van der Waals surface area contributed by atoms with Gasteiger partial charge in [-0.25, -0.2) is 22.8 Å². The lowest BCUT2D eigenvalue weighted by atomic mass is 10.2. The van der Waals surface area contributed by atoms with Gasteiger partial charge in [0.05, 0.1) is 27.5 Å². The maximum Gasteiger partial charge on any atom is 0.296 e. The average Bonchev–Trinajstić information content (AvgIpc) is 3.54. The predicted octanol–water partition coefficient (Wildman–Crippen LogP) is 5.40. The van der Waals surface area contributed by atoms with Crippen LogP contribution in [0.3, 0.4) is 0 Å². The molecule has 220 valence electrons. The van der Waals surface area contributed by atoms with Crippen molar-refractivity contribution >= 4 is 51.0 Å². The van der Waals surface area contributed by atoms with Crippen LogP contribution in [0.25, 0.3) is 17.0 Å². The van der Waals surface area contributed by atoms with E-state index in [-0.39, 0.29) is 10.6 Å². The Bertz CT molecular complexity index is 1980. The van der Waals surface area contributed by atoms with Crippen LogP contribution in [0.1, 0.15) is 11.5 Å². The number of para-hydroxylation sites is 1. The number of carbonyl (C=O) groups is 1. The Hall–Kier alpha value is -4.58. The molecule has 5 aromatic rings. The molecular formula is C30H25Cl2N5O5S. The maximum atomic E-state index is 13.8. The molecule has 0 saturated carbocycles. The molecule has 0 atom stereocenters. The van der Waals surface area contributed by atoms with E-state index in [1.54, 1.807) is 92.8 Å². The number of aromatic nitrogens is 2. The standard InChI is InChI=1S/C30H25Cl2N5O5S/c1-20-29(30(39)37(35(20)2)22-9-5-3-6-10-22)36(43(40,41)24-11-7-4-8-12-24)19-28(38)34-33-18-23-14-16-27(42-23)25-15-13-21(31)17-26(25)32/h3-18H,19H2,1-2H3,(H,34,38)/b33-18-. The van der Waals surface area contributed by atoms with Gasteiger partial charge < -0.3 is 4.42 Å². The van der Waals surface area contributed by atoms with Crippen LogP contribution >= 0.6 is 23.2 Å². The summed E-state index contributed by atoms with van der Waals surface area (Å²) in [5, 5.41) is 4.81. The molecular weight excluding hydrogens is 613 g/mol. The van der Waals surface area contributed by atoms with Crippen LogP contribution in [-0.4, -0.2) is 36.4 Å². The molecule has 0 bridgehead atoms. The van der Waals surface area contributed by atoms with Gasteiger partial charge in [-0.1, -0.05) is 59.6 Å². The molecule has 0 aliphatic carbocycles. The van der Waals surface area contributed by atoms with E-state index in [0.29, 0.717) is 38.5 Å². The largest absolute Gasteiger partial charge is 0.455 e. The van der Waals surface area contributed by atoms with E-state index in [1.807, 2.05) is 0 Å². The molecule has 1 N–H and O–H groups in total. The third-order valence-corrected chi connectivity index (χ3v) is 8.90. The fraction of sp³-hybridized carbons (Fsp3) is 0.100. The lowest BCUT2D eigenvalue weighted by Gasteiger charge is -2.22. The third-order valence-electron chi connectivity index (χ3n) is 6.60. The number of sulfonamides is 1. The normalized spacial score (nSPS) is 11.6. The maximum absolute atomic E-state index is 13.8. The zero-order valence-electron chi connectivity index (χ0n) is 22.9. The Balaban J connectivity index is 1.43. The summed E-state index contributed by atoms with van der Waals surface area (Å²) in [6, 6.07) is 24.7. The van der Waals surface area contributed by atoms with Gasteiger partial charge in [-0.15, -0.1) is 0 Å². The SMILES string of the molecule is Cc1c(N(CC(=O)N/N=C\c2ccc(-c3ccc(Cl)cc3Cl)o2)S(=O)(=O)c2ccccc2)c(=O)n(-c2ccccc2)n1C. The number of hydrazone groups is 1. The molecule has 0 fully saturated rings. The molecule has 1 amide bonds. The molecule has 0 saturated heterocycles. The average molecular weight is 639 g/mol. The Morgan fingerprint density at radius 1 is 1.00 bits per heavy atom. The summed E-state index contributed by atoms with van der Waals surface area (Å²) in [5.74, 6) is -0.0132. The van der Waals surface area contributed by atoms with Crippen molar-refractivity contribution in [2.45, 2.75) is 11.8 Å². The zero-order valence-corrected chi connectivity index (χ0v) is 25.3. The number of hydrogen-bond acceptors (Lipinski definition) is 6. The molecule has 43 heavy (non-hydrogen) atoms. The van der Waals surface area contributed by atoms with Gasteiger partial charge in [-0.05, 0) is 61.5 Å². The van der Waals surface area contributed by atoms with E-state index < -0.39 is 28.0 Å². The first-order valence-corrected chi connectivity index (χ1v) is 15.1. The van der Waals surface area contributed by atoms with E-state index in [9.17, 15) is 18.0 Å². The molecule has 0 spiro atoms. The van der Waals surface area contributed by atoms with Crippen LogP contribution in [-0.2, 0) is 21.9 Å².